The molecular formula is C29H42O10. The monoisotopic (exact) mass is 550 g/mol. The van der Waals surface area contributed by atoms with Crippen LogP contribution in [0.2, 0.25) is 0 Å². The average Bonchev–Trinajstić information content (AvgIpc) is 3.10. The van der Waals surface area contributed by atoms with Crippen LogP contribution in [0.5, 0.6) is 0 Å². The van der Waals surface area contributed by atoms with E-state index in [1.807, 2.05) is 6.92 Å². The number of rotatable bonds is 6. The standard InChI is InChI=1S/C29H42O10/c1-15-12-29-10-7-18-27(2,19(29)6-5-16(15)13-29)8-4-9-28(18,3)26(36)39-25-24(38-21(33)11-20(31)32)23(35)22(34)17(14-30)37-25/h16-19,22-25,30,34-35H,1,4-14H2,2-3H3,(H,31,32)/t16-,17?,18+,19+,22?,23?,24?,25?,27-,28-,29-/m1/s1. The summed E-state index contributed by atoms with van der Waals surface area (Å²) < 4.78 is 16.6. The molecule has 10 heteroatoms. The zero-order valence-corrected chi connectivity index (χ0v) is 22.8. The lowest BCUT2D eigenvalue weighted by Crippen LogP contribution is -2.62. The Kier molecular flexibility index (Phi) is 7.40. The number of ether oxygens (including phenoxy) is 3. The van der Waals surface area contributed by atoms with Gasteiger partial charge in [-0.3, -0.25) is 14.4 Å². The van der Waals surface area contributed by atoms with Crippen molar-refractivity contribution >= 4 is 17.9 Å². The number of hydrogen-bond donors (Lipinski definition) is 4. The summed E-state index contributed by atoms with van der Waals surface area (Å²) in [5, 5.41) is 39.6. The summed E-state index contributed by atoms with van der Waals surface area (Å²) in [6, 6.07) is 0. The van der Waals surface area contributed by atoms with Crippen molar-refractivity contribution in [2.75, 3.05) is 6.61 Å². The average molecular weight is 551 g/mol. The van der Waals surface area contributed by atoms with Gasteiger partial charge in [-0.2, -0.15) is 0 Å². The number of hydrogen-bond acceptors (Lipinski definition) is 9. The van der Waals surface area contributed by atoms with E-state index >= 15 is 0 Å². The van der Waals surface area contributed by atoms with Crippen LogP contribution in [0.3, 0.4) is 0 Å². The Morgan fingerprint density at radius 3 is 2.46 bits per heavy atom. The van der Waals surface area contributed by atoms with E-state index in [0.717, 1.165) is 44.9 Å². The van der Waals surface area contributed by atoms with E-state index in [-0.39, 0.29) is 16.7 Å². The van der Waals surface area contributed by atoms with Gasteiger partial charge < -0.3 is 34.6 Å². The first-order valence-electron chi connectivity index (χ1n) is 14.3. The van der Waals surface area contributed by atoms with Crippen LogP contribution in [0.15, 0.2) is 12.2 Å². The van der Waals surface area contributed by atoms with Crippen molar-refractivity contribution in [1.29, 1.82) is 0 Å². The molecule has 5 unspecified atom stereocenters. The molecule has 4 aliphatic carbocycles. The highest BCUT2D eigenvalue weighted by atomic mass is 16.7. The number of carboxylic acids is 1. The molecule has 5 fully saturated rings. The van der Waals surface area contributed by atoms with E-state index in [2.05, 4.69) is 13.5 Å². The Bertz CT molecular complexity index is 1030. The Morgan fingerprint density at radius 2 is 1.77 bits per heavy atom. The van der Waals surface area contributed by atoms with Crippen LogP contribution in [-0.2, 0) is 28.6 Å². The number of carboxylic acid groups (broad SMARTS) is 1. The van der Waals surface area contributed by atoms with E-state index in [9.17, 15) is 29.7 Å². The number of aliphatic carboxylic acids is 1. The quantitative estimate of drug-likeness (QED) is 0.220. The molecule has 1 heterocycles. The summed E-state index contributed by atoms with van der Waals surface area (Å²) in [7, 11) is 0. The lowest BCUT2D eigenvalue weighted by atomic mass is 9.41. The second kappa shape index (κ2) is 10.1. The maximum atomic E-state index is 14.0. The molecule has 4 saturated carbocycles. The number of allylic oxidation sites excluding steroid dienone is 1. The molecule has 0 aromatic carbocycles. The van der Waals surface area contributed by atoms with Crippen molar-refractivity contribution in [3.63, 3.8) is 0 Å². The minimum absolute atomic E-state index is 0.0516. The highest BCUT2D eigenvalue weighted by Gasteiger charge is 2.65. The van der Waals surface area contributed by atoms with Crippen molar-refractivity contribution in [2.45, 2.75) is 109 Å². The first kappa shape index (κ1) is 28.5. The zero-order chi connectivity index (χ0) is 28.3. The number of aliphatic hydroxyl groups excluding tert-OH is 3. The molecule has 11 atom stereocenters. The van der Waals surface area contributed by atoms with Crippen molar-refractivity contribution in [3.8, 4) is 0 Å². The number of carbonyl (C=O) groups excluding carboxylic acids is 2. The molecule has 39 heavy (non-hydrogen) atoms. The van der Waals surface area contributed by atoms with Crippen LogP contribution >= 0.6 is 0 Å². The predicted molar refractivity (Wildman–Crippen MR) is 136 cm³/mol. The van der Waals surface area contributed by atoms with Gasteiger partial charge in [0.1, 0.15) is 24.7 Å². The lowest BCUT2D eigenvalue weighted by molar-refractivity contribution is -0.301. The van der Waals surface area contributed by atoms with Gasteiger partial charge in [0.2, 0.25) is 6.29 Å². The second-order valence-electron chi connectivity index (χ2n) is 13.2. The first-order chi connectivity index (χ1) is 18.3. The Labute approximate surface area is 228 Å². The zero-order valence-electron chi connectivity index (χ0n) is 22.8. The molecule has 0 amide bonds. The van der Waals surface area contributed by atoms with Gasteiger partial charge in [-0.15, -0.1) is 0 Å². The van der Waals surface area contributed by atoms with Gasteiger partial charge in [0.15, 0.2) is 6.10 Å². The summed E-state index contributed by atoms with van der Waals surface area (Å²) >= 11 is 0. The van der Waals surface area contributed by atoms with Crippen molar-refractivity contribution in [3.05, 3.63) is 12.2 Å². The molecule has 1 aliphatic heterocycles. The third-order valence-corrected chi connectivity index (χ3v) is 11.1. The normalized spacial score (nSPS) is 47.1. The smallest absolute Gasteiger partial charge is 0.317 e. The highest BCUT2D eigenvalue weighted by Crippen LogP contribution is 2.72. The summed E-state index contributed by atoms with van der Waals surface area (Å²) in [5.41, 5.74) is 0.743. The van der Waals surface area contributed by atoms with Gasteiger partial charge in [-0.1, -0.05) is 25.5 Å². The second-order valence-corrected chi connectivity index (χ2v) is 13.2. The summed E-state index contributed by atoms with van der Waals surface area (Å²) in [6.07, 6.45) is 0.111. The molecule has 1 spiro atoms. The summed E-state index contributed by atoms with van der Waals surface area (Å²) in [4.78, 5) is 37.1. The predicted octanol–water partition coefficient (Wildman–Crippen LogP) is 2.32. The number of aliphatic hydroxyl groups is 3. The van der Waals surface area contributed by atoms with Gasteiger partial charge in [-0.25, -0.2) is 0 Å². The van der Waals surface area contributed by atoms with Crippen LogP contribution in [0.1, 0.15) is 78.1 Å². The fraction of sp³-hybridized carbons (Fsp3) is 0.828. The molecule has 5 rings (SSSR count). The van der Waals surface area contributed by atoms with Crippen LogP contribution in [0.25, 0.3) is 0 Å². The Morgan fingerprint density at radius 1 is 1.03 bits per heavy atom. The molecule has 5 aliphatic rings. The summed E-state index contributed by atoms with van der Waals surface area (Å²) in [5.74, 6) is -1.97. The van der Waals surface area contributed by atoms with Crippen molar-refractivity contribution in [1.82, 2.24) is 0 Å². The fourth-order valence-electron chi connectivity index (χ4n) is 9.43. The molecule has 2 bridgehead atoms. The van der Waals surface area contributed by atoms with E-state index in [1.54, 1.807) is 0 Å². The number of fused-ring (bicyclic) bond motifs is 3. The molecule has 1 saturated heterocycles. The van der Waals surface area contributed by atoms with Gasteiger partial charge in [-0.05, 0) is 86.9 Å². The van der Waals surface area contributed by atoms with Crippen molar-refractivity contribution in [2.24, 2.45) is 34.0 Å². The largest absolute Gasteiger partial charge is 0.481 e. The Balaban J connectivity index is 1.38. The van der Waals surface area contributed by atoms with Gasteiger partial charge in [0, 0.05) is 0 Å². The van der Waals surface area contributed by atoms with E-state index in [4.69, 9.17) is 19.3 Å². The third-order valence-electron chi connectivity index (χ3n) is 11.1. The first-order valence-corrected chi connectivity index (χ1v) is 14.3. The van der Waals surface area contributed by atoms with Crippen LogP contribution in [0.4, 0.5) is 0 Å². The van der Waals surface area contributed by atoms with E-state index in [1.165, 1.54) is 12.0 Å². The molecule has 218 valence electrons. The molecular weight excluding hydrogens is 508 g/mol. The fourth-order valence-corrected chi connectivity index (χ4v) is 9.43. The maximum Gasteiger partial charge on any atom is 0.317 e. The highest BCUT2D eigenvalue weighted by molar-refractivity contribution is 5.90. The third kappa shape index (κ3) is 4.61. The maximum absolute atomic E-state index is 14.0. The van der Waals surface area contributed by atoms with Crippen LogP contribution < -0.4 is 0 Å². The van der Waals surface area contributed by atoms with Gasteiger partial charge in [0.25, 0.3) is 0 Å². The van der Waals surface area contributed by atoms with E-state index < -0.39 is 67.1 Å². The van der Waals surface area contributed by atoms with Crippen LogP contribution in [0, 0.1) is 34.0 Å². The van der Waals surface area contributed by atoms with Gasteiger partial charge >= 0.3 is 17.9 Å². The molecule has 0 radical (unpaired) electrons. The Hall–Kier alpha value is -2.01. The number of carbonyl (C=O) groups is 3. The molecule has 4 N–H and O–H groups in total. The minimum atomic E-state index is -1.75. The minimum Gasteiger partial charge on any atom is -0.481 e. The molecule has 10 nitrogen and oxygen atoms in total. The van der Waals surface area contributed by atoms with Crippen LogP contribution in [-0.4, -0.2) is 75.6 Å². The van der Waals surface area contributed by atoms with Crippen molar-refractivity contribution < 1.29 is 49.0 Å². The molecule has 0 aromatic heterocycles. The molecule has 0 aromatic rings. The topological polar surface area (TPSA) is 160 Å². The lowest BCUT2D eigenvalue weighted by Gasteiger charge is -2.63. The SMILES string of the molecule is C=C1C[C@@]23CC[C@H]4[C@@](C)(CCC[C@@]4(C)C(=O)OC4OC(CO)C(O)C(O)C4OC(=O)CC(=O)O)[C@@H]2CC[C@@H]1C3. The summed E-state index contributed by atoms with van der Waals surface area (Å²) in [6.45, 7) is 7.98. The van der Waals surface area contributed by atoms with E-state index in [0.29, 0.717) is 18.3 Å². The number of esters is 2. The van der Waals surface area contributed by atoms with Gasteiger partial charge in [0.05, 0.1) is 12.0 Å².